The highest BCUT2D eigenvalue weighted by atomic mass is 127. The molecule has 0 spiro atoms. The fourth-order valence-electron chi connectivity index (χ4n) is 3.80. The Kier molecular flexibility index (Phi) is 8.02. The second-order valence-electron chi connectivity index (χ2n) is 8.16. The number of hydrogen-bond acceptors (Lipinski definition) is 5. The van der Waals surface area contributed by atoms with Crippen molar-refractivity contribution < 1.29 is 19.0 Å². The number of aliphatic imine (C=N–C) groups is 1. The van der Waals surface area contributed by atoms with Gasteiger partial charge in [0.1, 0.15) is 13.2 Å². The number of hydrogen-bond donors (Lipinski definition) is 1. The van der Waals surface area contributed by atoms with Crippen molar-refractivity contribution >= 4 is 35.9 Å². The lowest BCUT2D eigenvalue weighted by Crippen LogP contribution is -2.45. The van der Waals surface area contributed by atoms with E-state index in [4.69, 9.17) is 14.2 Å². The van der Waals surface area contributed by atoms with Crippen molar-refractivity contribution in [3.05, 3.63) is 23.8 Å². The van der Waals surface area contributed by atoms with E-state index in [-0.39, 0.29) is 47.2 Å². The maximum atomic E-state index is 12.0. The summed E-state index contributed by atoms with van der Waals surface area (Å²) >= 11 is 0. The first-order valence-corrected chi connectivity index (χ1v) is 9.79. The average molecular weight is 517 g/mol. The van der Waals surface area contributed by atoms with Gasteiger partial charge in [-0.05, 0) is 23.6 Å². The Hall–Kier alpha value is -1.71. The minimum atomic E-state index is -0.151. The summed E-state index contributed by atoms with van der Waals surface area (Å²) in [6, 6.07) is 6.12. The van der Waals surface area contributed by atoms with E-state index < -0.39 is 0 Å². The van der Waals surface area contributed by atoms with Crippen molar-refractivity contribution in [3.8, 4) is 11.5 Å². The van der Waals surface area contributed by atoms with E-state index in [1.165, 1.54) is 12.7 Å². The number of methoxy groups -OCH3 is 1. The quantitative estimate of drug-likeness (QED) is 0.287. The summed E-state index contributed by atoms with van der Waals surface area (Å²) < 4.78 is 16.3. The summed E-state index contributed by atoms with van der Waals surface area (Å²) in [5.41, 5.74) is 1.03. The highest BCUT2D eigenvalue weighted by molar-refractivity contribution is 14.0. The molecule has 1 aromatic rings. The third-order valence-electron chi connectivity index (χ3n) is 5.64. The van der Waals surface area contributed by atoms with Crippen LogP contribution < -0.4 is 14.8 Å². The number of rotatable bonds is 4. The van der Waals surface area contributed by atoms with E-state index in [1.54, 1.807) is 7.05 Å². The van der Waals surface area contributed by atoms with Crippen LogP contribution in [0.5, 0.6) is 11.5 Å². The van der Waals surface area contributed by atoms with Gasteiger partial charge in [-0.2, -0.15) is 0 Å². The molecule has 1 N–H and O–H groups in total. The minimum Gasteiger partial charge on any atom is -0.486 e. The van der Waals surface area contributed by atoms with Gasteiger partial charge < -0.3 is 24.4 Å². The molecule has 0 aromatic heterocycles. The number of guanidine groups is 1. The Labute approximate surface area is 190 Å². The van der Waals surface area contributed by atoms with Crippen molar-refractivity contribution in [1.82, 2.24) is 10.2 Å². The van der Waals surface area contributed by atoms with E-state index >= 15 is 0 Å². The van der Waals surface area contributed by atoms with Crippen molar-refractivity contribution in [2.75, 3.05) is 47.0 Å². The molecular weight excluding hydrogens is 485 g/mol. The van der Waals surface area contributed by atoms with Crippen molar-refractivity contribution in [3.63, 3.8) is 0 Å². The Morgan fingerprint density at radius 3 is 2.62 bits per heavy atom. The molecule has 7 nitrogen and oxygen atoms in total. The molecular formula is C21H32IN3O4. The van der Waals surface area contributed by atoms with Crippen LogP contribution in [0.25, 0.3) is 0 Å². The standard InChI is InChI=1S/C21H31N3O4.HI/c1-14-11-24(12-16(14)19(25)26-5)20(22-4)23-13-21(2,3)15-6-7-17-18(10-15)28-9-8-27-17;/h6-7,10,14,16H,8-9,11-13H2,1-5H3,(H,22,23);1H. The van der Waals surface area contributed by atoms with Crippen LogP contribution in [0.4, 0.5) is 0 Å². The molecule has 0 aliphatic carbocycles. The van der Waals surface area contributed by atoms with Gasteiger partial charge in [0, 0.05) is 32.1 Å². The number of fused-ring (bicyclic) bond motifs is 1. The van der Waals surface area contributed by atoms with Crippen LogP contribution in [-0.4, -0.2) is 63.8 Å². The molecule has 0 bridgehead atoms. The molecule has 2 atom stereocenters. The van der Waals surface area contributed by atoms with Crippen LogP contribution in [0.3, 0.4) is 0 Å². The van der Waals surface area contributed by atoms with Crippen LogP contribution >= 0.6 is 24.0 Å². The number of nitrogens with zero attached hydrogens (tertiary/aromatic N) is 2. The van der Waals surface area contributed by atoms with Crippen LogP contribution in [0.2, 0.25) is 0 Å². The second-order valence-corrected chi connectivity index (χ2v) is 8.16. The highest BCUT2D eigenvalue weighted by Gasteiger charge is 2.37. The minimum absolute atomic E-state index is 0. The number of carbonyl (C=O) groups excluding carboxylic acids is 1. The van der Waals surface area contributed by atoms with Gasteiger partial charge in [0.2, 0.25) is 0 Å². The topological polar surface area (TPSA) is 72.4 Å². The largest absolute Gasteiger partial charge is 0.486 e. The molecule has 0 amide bonds. The molecule has 8 heteroatoms. The normalized spacial score (nSPS) is 21.4. The number of halogens is 1. The number of esters is 1. The zero-order chi connectivity index (χ0) is 20.3. The fourth-order valence-corrected chi connectivity index (χ4v) is 3.80. The van der Waals surface area contributed by atoms with Gasteiger partial charge in [0.05, 0.1) is 13.0 Å². The van der Waals surface area contributed by atoms with Crippen molar-refractivity contribution in [1.29, 1.82) is 0 Å². The third-order valence-corrected chi connectivity index (χ3v) is 5.64. The molecule has 2 heterocycles. The molecule has 2 aliphatic heterocycles. The molecule has 162 valence electrons. The summed E-state index contributed by atoms with van der Waals surface area (Å²) in [6.07, 6.45) is 0. The lowest BCUT2D eigenvalue weighted by Gasteiger charge is -2.30. The Morgan fingerprint density at radius 2 is 1.97 bits per heavy atom. The fraction of sp³-hybridized carbons (Fsp3) is 0.619. The maximum absolute atomic E-state index is 12.0. The SMILES string of the molecule is CN=C(NCC(C)(C)c1ccc2c(c1)OCCO2)N1CC(C)C(C(=O)OC)C1.I. The van der Waals surface area contributed by atoms with Crippen LogP contribution in [0.15, 0.2) is 23.2 Å². The van der Waals surface area contributed by atoms with Crippen molar-refractivity contribution in [2.24, 2.45) is 16.8 Å². The van der Waals surface area contributed by atoms with E-state index in [9.17, 15) is 4.79 Å². The molecule has 1 aromatic carbocycles. The first-order valence-electron chi connectivity index (χ1n) is 9.79. The number of ether oxygens (including phenoxy) is 3. The van der Waals surface area contributed by atoms with Gasteiger partial charge >= 0.3 is 5.97 Å². The number of likely N-dealkylation sites (tertiary alicyclic amines) is 1. The highest BCUT2D eigenvalue weighted by Crippen LogP contribution is 2.35. The summed E-state index contributed by atoms with van der Waals surface area (Å²) in [7, 11) is 3.22. The number of carbonyl (C=O) groups is 1. The molecule has 3 rings (SSSR count). The predicted octanol–water partition coefficient (Wildman–Crippen LogP) is 2.67. The van der Waals surface area contributed by atoms with Gasteiger partial charge in [0.25, 0.3) is 0 Å². The first-order chi connectivity index (χ1) is 13.4. The summed E-state index contributed by atoms with van der Waals surface area (Å²) in [5, 5.41) is 3.48. The van der Waals surface area contributed by atoms with Gasteiger partial charge in [-0.3, -0.25) is 9.79 Å². The van der Waals surface area contributed by atoms with E-state index in [0.717, 1.165) is 24.0 Å². The van der Waals surface area contributed by atoms with Gasteiger partial charge in [-0.15, -0.1) is 24.0 Å². The zero-order valence-corrected chi connectivity index (χ0v) is 20.2. The van der Waals surface area contributed by atoms with Crippen LogP contribution in [0.1, 0.15) is 26.3 Å². The molecule has 2 aliphatic rings. The van der Waals surface area contributed by atoms with Gasteiger partial charge in [0.15, 0.2) is 17.5 Å². The molecule has 1 fully saturated rings. The Balaban J connectivity index is 0.00000300. The lowest BCUT2D eigenvalue weighted by molar-refractivity contribution is -0.145. The van der Waals surface area contributed by atoms with Crippen LogP contribution in [-0.2, 0) is 14.9 Å². The van der Waals surface area contributed by atoms with E-state index in [1.807, 2.05) is 6.07 Å². The van der Waals surface area contributed by atoms with Crippen molar-refractivity contribution in [2.45, 2.75) is 26.2 Å². The molecule has 0 saturated carbocycles. The monoisotopic (exact) mass is 517 g/mol. The number of nitrogens with one attached hydrogen (secondary N) is 1. The van der Waals surface area contributed by atoms with E-state index in [2.05, 4.69) is 48.1 Å². The summed E-state index contributed by atoms with van der Waals surface area (Å²) in [4.78, 5) is 18.5. The average Bonchev–Trinajstić information content (AvgIpc) is 3.08. The second kappa shape index (κ2) is 9.86. The molecule has 1 saturated heterocycles. The lowest BCUT2D eigenvalue weighted by atomic mass is 9.84. The first kappa shape index (κ1) is 23.6. The predicted molar refractivity (Wildman–Crippen MR) is 123 cm³/mol. The van der Waals surface area contributed by atoms with Gasteiger partial charge in [-0.25, -0.2) is 0 Å². The smallest absolute Gasteiger partial charge is 0.310 e. The summed E-state index contributed by atoms with van der Waals surface area (Å²) in [6.45, 7) is 9.72. The zero-order valence-electron chi connectivity index (χ0n) is 17.9. The van der Waals surface area contributed by atoms with Gasteiger partial charge in [-0.1, -0.05) is 26.8 Å². The molecule has 0 radical (unpaired) electrons. The van der Waals surface area contributed by atoms with E-state index in [0.29, 0.717) is 26.3 Å². The molecule has 29 heavy (non-hydrogen) atoms. The Bertz CT molecular complexity index is 753. The molecule has 2 unspecified atom stereocenters. The van der Waals surface area contributed by atoms with Crippen LogP contribution in [0, 0.1) is 11.8 Å². The maximum Gasteiger partial charge on any atom is 0.310 e. The summed E-state index contributed by atoms with van der Waals surface area (Å²) in [5.74, 6) is 2.38. The third kappa shape index (κ3) is 5.26. The Morgan fingerprint density at radius 1 is 1.28 bits per heavy atom. The number of benzene rings is 1.